The maximum atomic E-state index is 12.1. The maximum Gasteiger partial charge on any atom is 0.345 e. The van der Waals surface area contributed by atoms with Crippen LogP contribution in [0.2, 0.25) is 0 Å². The van der Waals surface area contributed by atoms with Crippen LogP contribution in [0.3, 0.4) is 0 Å². The fourth-order valence-electron chi connectivity index (χ4n) is 2.62. The minimum absolute atomic E-state index is 0.280. The molecule has 0 aliphatic carbocycles. The lowest BCUT2D eigenvalue weighted by Gasteiger charge is -2.35. The average molecular weight is 418 g/mol. The third-order valence-corrected chi connectivity index (χ3v) is 4.28. The van der Waals surface area contributed by atoms with Gasteiger partial charge in [-0.05, 0) is 12.5 Å². The van der Waals surface area contributed by atoms with E-state index in [1.165, 1.54) is 0 Å². The summed E-state index contributed by atoms with van der Waals surface area (Å²) in [4.78, 5) is 23.6. The smallest absolute Gasteiger partial charge is 0.345 e. The number of alkyl halides is 1. The van der Waals surface area contributed by atoms with Crippen molar-refractivity contribution in [2.24, 2.45) is 0 Å². The zero-order chi connectivity index (χ0) is 16.0. The zero-order valence-electron chi connectivity index (χ0n) is 12.6. The SMILES string of the molecule is CC(I)C(=O)OCC(=O)OC1(c2ccccc2)CC[NH2+]CC1. The van der Waals surface area contributed by atoms with Crippen molar-refractivity contribution in [1.29, 1.82) is 0 Å². The third-order valence-electron chi connectivity index (χ3n) is 3.77. The summed E-state index contributed by atoms with van der Waals surface area (Å²) in [5.74, 6) is -0.889. The molecule has 0 aromatic heterocycles. The van der Waals surface area contributed by atoms with Gasteiger partial charge in [0.05, 0.1) is 13.1 Å². The highest BCUT2D eigenvalue weighted by atomic mass is 127. The van der Waals surface area contributed by atoms with Gasteiger partial charge in [0, 0.05) is 12.8 Å². The van der Waals surface area contributed by atoms with Gasteiger partial charge in [0.25, 0.3) is 0 Å². The molecule has 22 heavy (non-hydrogen) atoms. The van der Waals surface area contributed by atoms with E-state index in [-0.39, 0.29) is 10.5 Å². The number of carbonyl (C=O) groups excluding carboxylic acids is 2. The molecule has 0 amide bonds. The normalized spacial score (nSPS) is 18.3. The molecule has 1 saturated heterocycles. The van der Waals surface area contributed by atoms with E-state index in [0.717, 1.165) is 31.5 Å². The summed E-state index contributed by atoms with van der Waals surface area (Å²) in [7, 11) is 0. The first kappa shape index (κ1) is 17.2. The molecule has 1 fully saturated rings. The van der Waals surface area contributed by atoms with E-state index >= 15 is 0 Å². The Morgan fingerprint density at radius 1 is 1.27 bits per heavy atom. The molecule has 1 aromatic carbocycles. The summed E-state index contributed by atoms with van der Waals surface area (Å²) < 4.78 is 10.4. The van der Waals surface area contributed by atoms with Crippen molar-refractivity contribution in [2.45, 2.75) is 29.3 Å². The molecule has 0 radical (unpaired) electrons. The molecule has 2 N–H and O–H groups in total. The predicted molar refractivity (Wildman–Crippen MR) is 89.5 cm³/mol. The molecule has 120 valence electrons. The highest BCUT2D eigenvalue weighted by Gasteiger charge is 2.39. The molecule has 1 heterocycles. The fourth-order valence-corrected chi connectivity index (χ4v) is 2.80. The number of hydrogen-bond donors (Lipinski definition) is 1. The molecule has 1 atom stereocenters. The van der Waals surface area contributed by atoms with Gasteiger partial charge >= 0.3 is 11.9 Å². The van der Waals surface area contributed by atoms with Crippen LogP contribution >= 0.6 is 22.6 Å². The highest BCUT2D eigenvalue weighted by Crippen LogP contribution is 2.33. The van der Waals surface area contributed by atoms with Crippen LogP contribution in [0.4, 0.5) is 0 Å². The highest BCUT2D eigenvalue weighted by molar-refractivity contribution is 14.1. The van der Waals surface area contributed by atoms with Crippen LogP contribution in [0.1, 0.15) is 25.3 Å². The van der Waals surface area contributed by atoms with E-state index < -0.39 is 17.5 Å². The maximum absolute atomic E-state index is 12.1. The molecule has 1 aliphatic heterocycles. The van der Waals surface area contributed by atoms with E-state index in [9.17, 15) is 9.59 Å². The van der Waals surface area contributed by atoms with E-state index in [1.807, 2.05) is 52.9 Å². The summed E-state index contributed by atoms with van der Waals surface area (Å²) in [6, 6.07) is 9.80. The van der Waals surface area contributed by atoms with Gasteiger partial charge in [-0.2, -0.15) is 0 Å². The Bertz CT molecular complexity index is 512. The largest absolute Gasteiger partial charge is 0.453 e. The van der Waals surface area contributed by atoms with E-state index in [1.54, 1.807) is 6.92 Å². The molecule has 0 bridgehead atoms. The number of benzene rings is 1. The Morgan fingerprint density at radius 2 is 1.91 bits per heavy atom. The van der Waals surface area contributed by atoms with Crippen molar-refractivity contribution < 1.29 is 24.4 Å². The van der Waals surface area contributed by atoms with Crippen LogP contribution in [0.5, 0.6) is 0 Å². The van der Waals surface area contributed by atoms with Crippen LogP contribution in [0, 0.1) is 0 Å². The molecule has 1 unspecified atom stereocenters. The van der Waals surface area contributed by atoms with Crippen molar-refractivity contribution in [3.8, 4) is 0 Å². The van der Waals surface area contributed by atoms with Crippen LogP contribution < -0.4 is 5.32 Å². The molecule has 5 nitrogen and oxygen atoms in total. The Balaban J connectivity index is 2.04. The van der Waals surface area contributed by atoms with Crippen LogP contribution in [-0.2, 0) is 24.7 Å². The Kier molecular flexibility index (Phi) is 6.19. The van der Waals surface area contributed by atoms with Gasteiger partial charge in [0.1, 0.15) is 9.53 Å². The Labute approximate surface area is 143 Å². The number of nitrogens with two attached hydrogens (primary N) is 1. The van der Waals surface area contributed by atoms with Crippen molar-refractivity contribution in [1.82, 2.24) is 0 Å². The van der Waals surface area contributed by atoms with Crippen LogP contribution in [0.25, 0.3) is 0 Å². The third kappa shape index (κ3) is 4.42. The lowest BCUT2D eigenvalue weighted by molar-refractivity contribution is -0.668. The second kappa shape index (κ2) is 7.92. The first-order valence-corrected chi connectivity index (χ1v) is 8.68. The summed E-state index contributed by atoms with van der Waals surface area (Å²) in [5.41, 5.74) is 0.403. The quantitative estimate of drug-likeness (QED) is 0.443. The Morgan fingerprint density at radius 3 is 2.50 bits per heavy atom. The zero-order valence-corrected chi connectivity index (χ0v) is 14.7. The number of carbonyl (C=O) groups is 2. The number of ether oxygens (including phenoxy) is 2. The molecule has 1 aliphatic rings. The minimum Gasteiger partial charge on any atom is -0.453 e. The molecule has 0 spiro atoms. The topological polar surface area (TPSA) is 69.2 Å². The minimum atomic E-state index is -0.602. The molecule has 0 saturated carbocycles. The number of esters is 2. The standard InChI is InChI=1S/C16H20INO4/c1-12(17)15(20)21-11-14(19)22-16(7-9-18-10-8-16)13-5-3-2-4-6-13/h2-6,12,18H,7-11H2,1H3/p+1. The summed E-state index contributed by atoms with van der Waals surface area (Å²) in [5, 5.41) is 2.22. The van der Waals surface area contributed by atoms with Crippen LogP contribution in [0.15, 0.2) is 30.3 Å². The molecule has 6 heteroatoms. The van der Waals surface area contributed by atoms with Gasteiger partial charge in [-0.25, -0.2) is 4.79 Å². The fraction of sp³-hybridized carbons (Fsp3) is 0.500. The number of piperidine rings is 1. The number of rotatable bonds is 5. The summed E-state index contributed by atoms with van der Waals surface area (Å²) in [6.07, 6.45) is 1.53. The van der Waals surface area contributed by atoms with Gasteiger partial charge in [0.2, 0.25) is 0 Å². The number of halogens is 1. The lowest BCUT2D eigenvalue weighted by Crippen LogP contribution is -2.87. The van der Waals surface area contributed by atoms with Gasteiger partial charge in [-0.3, -0.25) is 4.79 Å². The number of hydrogen-bond acceptors (Lipinski definition) is 4. The monoisotopic (exact) mass is 418 g/mol. The second-order valence-corrected chi connectivity index (χ2v) is 7.29. The first-order chi connectivity index (χ1) is 10.5. The van der Waals surface area contributed by atoms with E-state index in [2.05, 4.69) is 5.32 Å². The lowest BCUT2D eigenvalue weighted by atomic mass is 9.85. The molecule has 1 aromatic rings. The first-order valence-electron chi connectivity index (χ1n) is 7.43. The van der Waals surface area contributed by atoms with Crippen molar-refractivity contribution in [2.75, 3.05) is 19.7 Å². The van der Waals surface area contributed by atoms with Gasteiger partial charge in [0.15, 0.2) is 6.61 Å². The van der Waals surface area contributed by atoms with E-state index in [4.69, 9.17) is 9.47 Å². The van der Waals surface area contributed by atoms with Crippen molar-refractivity contribution >= 4 is 34.5 Å². The molecular weight excluding hydrogens is 397 g/mol. The second-order valence-electron chi connectivity index (χ2n) is 5.42. The molecular formula is C16H21INO4+. The summed E-state index contributed by atoms with van der Waals surface area (Å²) in [6.45, 7) is 3.21. The summed E-state index contributed by atoms with van der Waals surface area (Å²) >= 11 is 1.95. The molecule has 2 rings (SSSR count). The van der Waals surface area contributed by atoms with Crippen molar-refractivity contribution in [3.05, 3.63) is 35.9 Å². The Hall–Kier alpha value is -1.15. The number of quaternary nitrogens is 1. The van der Waals surface area contributed by atoms with Crippen molar-refractivity contribution in [3.63, 3.8) is 0 Å². The van der Waals surface area contributed by atoms with Gasteiger partial charge < -0.3 is 14.8 Å². The van der Waals surface area contributed by atoms with Crippen LogP contribution in [-0.4, -0.2) is 35.6 Å². The average Bonchev–Trinajstić information content (AvgIpc) is 2.54. The van der Waals surface area contributed by atoms with Gasteiger partial charge in [-0.15, -0.1) is 0 Å². The predicted octanol–water partition coefficient (Wildman–Crippen LogP) is 1.15. The van der Waals surface area contributed by atoms with E-state index in [0.29, 0.717) is 0 Å². The van der Waals surface area contributed by atoms with Gasteiger partial charge in [-0.1, -0.05) is 52.9 Å².